The number of nitrogens with one attached hydrogen (secondary N) is 1. The maximum atomic E-state index is 9.29. The zero-order valence-electron chi connectivity index (χ0n) is 11.0. The highest BCUT2D eigenvalue weighted by Crippen LogP contribution is 2.26. The SMILES string of the molecule is COc1ccc(CNC2CC2)c(OCC(C)O)c1. The smallest absolute Gasteiger partial charge is 0.127 e. The van der Waals surface area contributed by atoms with Gasteiger partial charge in [-0.25, -0.2) is 0 Å². The average molecular weight is 251 g/mol. The third kappa shape index (κ3) is 3.89. The number of rotatable bonds is 7. The number of benzene rings is 1. The van der Waals surface area contributed by atoms with Crippen LogP contribution in [-0.2, 0) is 6.54 Å². The van der Waals surface area contributed by atoms with Crippen LogP contribution in [-0.4, -0.2) is 31.0 Å². The molecule has 100 valence electrons. The summed E-state index contributed by atoms with van der Waals surface area (Å²) >= 11 is 0. The van der Waals surface area contributed by atoms with Crippen LogP contribution in [0.5, 0.6) is 11.5 Å². The van der Waals surface area contributed by atoms with Crippen molar-refractivity contribution in [3.8, 4) is 11.5 Å². The van der Waals surface area contributed by atoms with Gasteiger partial charge in [0.15, 0.2) is 0 Å². The normalized spacial score (nSPS) is 16.4. The van der Waals surface area contributed by atoms with E-state index < -0.39 is 6.10 Å². The first-order chi connectivity index (χ1) is 8.69. The minimum Gasteiger partial charge on any atom is -0.497 e. The minimum atomic E-state index is -0.472. The fourth-order valence-corrected chi connectivity index (χ4v) is 1.69. The first-order valence-electron chi connectivity index (χ1n) is 6.40. The second-order valence-corrected chi connectivity index (χ2v) is 4.79. The van der Waals surface area contributed by atoms with E-state index in [9.17, 15) is 5.11 Å². The summed E-state index contributed by atoms with van der Waals surface area (Å²) in [7, 11) is 1.63. The van der Waals surface area contributed by atoms with Crippen molar-refractivity contribution in [2.75, 3.05) is 13.7 Å². The summed E-state index contributed by atoms with van der Waals surface area (Å²) in [5.41, 5.74) is 1.10. The molecule has 0 spiro atoms. The Morgan fingerprint density at radius 3 is 2.83 bits per heavy atom. The van der Waals surface area contributed by atoms with Crippen LogP contribution in [0, 0.1) is 0 Å². The summed E-state index contributed by atoms with van der Waals surface area (Å²) in [6, 6.07) is 6.47. The molecule has 0 heterocycles. The van der Waals surface area contributed by atoms with E-state index in [1.807, 2.05) is 18.2 Å². The molecule has 1 aromatic rings. The van der Waals surface area contributed by atoms with E-state index in [-0.39, 0.29) is 0 Å². The van der Waals surface area contributed by atoms with Gasteiger partial charge in [0.1, 0.15) is 18.1 Å². The molecule has 1 aliphatic carbocycles. The van der Waals surface area contributed by atoms with Gasteiger partial charge in [-0.15, -0.1) is 0 Å². The number of methoxy groups -OCH3 is 1. The molecule has 0 radical (unpaired) electrons. The molecular formula is C14H21NO3. The van der Waals surface area contributed by atoms with Crippen LogP contribution in [0.2, 0.25) is 0 Å². The molecule has 2 rings (SSSR count). The molecule has 1 aliphatic rings. The molecule has 1 atom stereocenters. The summed E-state index contributed by atoms with van der Waals surface area (Å²) in [5.74, 6) is 1.55. The van der Waals surface area contributed by atoms with Crippen molar-refractivity contribution >= 4 is 0 Å². The van der Waals surface area contributed by atoms with E-state index >= 15 is 0 Å². The second-order valence-electron chi connectivity index (χ2n) is 4.79. The van der Waals surface area contributed by atoms with Crippen LogP contribution in [0.25, 0.3) is 0 Å². The van der Waals surface area contributed by atoms with Gasteiger partial charge in [0, 0.05) is 24.2 Å². The fourth-order valence-electron chi connectivity index (χ4n) is 1.69. The highest BCUT2D eigenvalue weighted by atomic mass is 16.5. The Hall–Kier alpha value is -1.26. The fraction of sp³-hybridized carbons (Fsp3) is 0.571. The molecule has 1 aromatic carbocycles. The van der Waals surface area contributed by atoms with Gasteiger partial charge in [0.2, 0.25) is 0 Å². The topological polar surface area (TPSA) is 50.7 Å². The van der Waals surface area contributed by atoms with Crippen molar-refractivity contribution in [1.82, 2.24) is 5.32 Å². The van der Waals surface area contributed by atoms with Gasteiger partial charge in [-0.1, -0.05) is 6.07 Å². The summed E-state index contributed by atoms with van der Waals surface area (Å²) in [5, 5.41) is 12.7. The van der Waals surface area contributed by atoms with Gasteiger partial charge >= 0.3 is 0 Å². The molecular weight excluding hydrogens is 230 g/mol. The average Bonchev–Trinajstić information content (AvgIpc) is 3.18. The molecule has 0 aliphatic heterocycles. The molecule has 4 heteroatoms. The maximum absolute atomic E-state index is 9.29. The first kappa shape index (κ1) is 13.2. The number of hydrogen-bond acceptors (Lipinski definition) is 4. The van der Waals surface area contributed by atoms with Crippen LogP contribution in [0.15, 0.2) is 18.2 Å². The Labute approximate surface area is 108 Å². The van der Waals surface area contributed by atoms with Crippen LogP contribution in [0.1, 0.15) is 25.3 Å². The van der Waals surface area contributed by atoms with Crippen molar-refractivity contribution in [1.29, 1.82) is 0 Å². The second kappa shape index (κ2) is 6.07. The van der Waals surface area contributed by atoms with E-state index in [4.69, 9.17) is 9.47 Å². The monoisotopic (exact) mass is 251 g/mol. The van der Waals surface area contributed by atoms with Crippen LogP contribution >= 0.6 is 0 Å². The summed E-state index contributed by atoms with van der Waals surface area (Å²) in [4.78, 5) is 0. The van der Waals surface area contributed by atoms with Gasteiger partial charge in [-0.05, 0) is 25.8 Å². The number of hydrogen-bond donors (Lipinski definition) is 2. The highest BCUT2D eigenvalue weighted by molar-refractivity contribution is 5.40. The molecule has 2 N–H and O–H groups in total. The maximum Gasteiger partial charge on any atom is 0.127 e. The molecule has 0 amide bonds. The van der Waals surface area contributed by atoms with Crippen molar-refractivity contribution in [3.05, 3.63) is 23.8 Å². The lowest BCUT2D eigenvalue weighted by atomic mass is 10.2. The lowest BCUT2D eigenvalue weighted by Gasteiger charge is -2.14. The molecule has 4 nitrogen and oxygen atoms in total. The van der Waals surface area contributed by atoms with E-state index in [1.165, 1.54) is 12.8 Å². The summed E-state index contributed by atoms with van der Waals surface area (Å²) < 4.78 is 10.8. The zero-order chi connectivity index (χ0) is 13.0. The van der Waals surface area contributed by atoms with Crippen molar-refractivity contribution in [3.63, 3.8) is 0 Å². The Morgan fingerprint density at radius 2 is 2.22 bits per heavy atom. The third-order valence-electron chi connectivity index (χ3n) is 2.91. The largest absolute Gasteiger partial charge is 0.497 e. The predicted molar refractivity (Wildman–Crippen MR) is 70.0 cm³/mol. The van der Waals surface area contributed by atoms with E-state index in [1.54, 1.807) is 14.0 Å². The third-order valence-corrected chi connectivity index (χ3v) is 2.91. The van der Waals surface area contributed by atoms with E-state index in [0.717, 1.165) is 23.6 Å². The van der Waals surface area contributed by atoms with Gasteiger partial charge in [-0.3, -0.25) is 0 Å². The van der Waals surface area contributed by atoms with Gasteiger partial charge < -0.3 is 19.9 Å². The molecule has 1 saturated carbocycles. The molecule has 0 saturated heterocycles. The van der Waals surface area contributed by atoms with Crippen LogP contribution < -0.4 is 14.8 Å². The van der Waals surface area contributed by atoms with Gasteiger partial charge in [-0.2, -0.15) is 0 Å². The number of aliphatic hydroxyl groups excluding tert-OH is 1. The first-order valence-corrected chi connectivity index (χ1v) is 6.40. The quantitative estimate of drug-likeness (QED) is 0.774. The number of ether oxygens (including phenoxy) is 2. The van der Waals surface area contributed by atoms with Crippen molar-refractivity contribution in [2.45, 2.75) is 38.5 Å². The summed E-state index contributed by atoms with van der Waals surface area (Å²) in [6.45, 7) is 2.80. The Morgan fingerprint density at radius 1 is 1.44 bits per heavy atom. The standard InChI is InChI=1S/C14H21NO3/c1-10(16)9-18-14-7-13(17-2)6-3-11(14)8-15-12-4-5-12/h3,6-7,10,12,15-16H,4-5,8-9H2,1-2H3. The minimum absolute atomic E-state index is 0.295. The molecule has 0 aromatic heterocycles. The number of aliphatic hydroxyl groups is 1. The van der Waals surface area contributed by atoms with E-state index in [0.29, 0.717) is 12.6 Å². The zero-order valence-corrected chi connectivity index (χ0v) is 11.0. The molecule has 1 unspecified atom stereocenters. The predicted octanol–water partition coefficient (Wildman–Crippen LogP) is 1.71. The van der Waals surface area contributed by atoms with Crippen LogP contribution in [0.3, 0.4) is 0 Å². The Kier molecular flexibility index (Phi) is 4.44. The van der Waals surface area contributed by atoms with Crippen molar-refractivity contribution in [2.24, 2.45) is 0 Å². The molecule has 18 heavy (non-hydrogen) atoms. The highest BCUT2D eigenvalue weighted by Gasteiger charge is 2.20. The van der Waals surface area contributed by atoms with Gasteiger partial charge in [0.05, 0.1) is 13.2 Å². The van der Waals surface area contributed by atoms with E-state index in [2.05, 4.69) is 5.32 Å². The van der Waals surface area contributed by atoms with Crippen LogP contribution in [0.4, 0.5) is 0 Å². The lowest BCUT2D eigenvalue weighted by molar-refractivity contribution is 0.122. The molecule has 0 bridgehead atoms. The lowest BCUT2D eigenvalue weighted by Crippen LogP contribution is -2.18. The van der Waals surface area contributed by atoms with Gasteiger partial charge in [0.25, 0.3) is 0 Å². The Bertz CT molecular complexity index is 389. The van der Waals surface area contributed by atoms with Crippen molar-refractivity contribution < 1.29 is 14.6 Å². The Balaban J connectivity index is 2.03. The molecule has 1 fully saturated rings. The summed E-state index contributed by atoms with van der Waals surface area (Å²) in [6.07, 6.45) is 2.06.